The van der Waals surface area contributed by atoms with Gasteiger partial charge in [0.25, 0.3) is 5.91 Å². The standard InChI is InChI=1S/C18H26N2O2S/c1-14-13-15(18(21)20-8-11-23-12-9-20)4-5-17(14)19-7-6-16-3-2-10-22-16/h4-5,13,16,19H,2-3,6-12H2,1H3/t16-/m1/s1. The van der Waals surface area contributed by atoms with Gasteiger partial charge in [-0.25, -0.2) is 0 Å². The molecule has 23 heavy (non-hydrogen) atoms. The van der Waals surface area contributed by atoms with E-state index in [0.29, 0.717) is 6.10 Å². The predicted octanol–water partition coefficient (Wildman–Crippen LogP) is 3.17. The molecule has 5 heteroatoms. The normalized spacial score (nSPS) is 21.4. The molecule has 2 saturated heterocycles. The van der Waals surface area contributed by atoms with E-state index in [4.69, 9.17) is 4.74 Å². The lowest BCUT2D eigenvalue weighted by Crippen LogP contribution is -2.37. The first-order valence-corrected chi connectivity index (χ1v) is 9.72. The molecule has 0 bridgehead atoms. The van der Waals surface area contributed by atoms with E-state index < -0.39 is 0 Å². The van der Waals surface area contributed by atoms with Crippen LogP contribution in [0.25, 0.3) is 0 Å². The van der Waals surface area contributed by atoms with Crippen LogP contribution in [0, 0.1) is 6.92 Å². The number of anilines is 1. The van der Waals surface area contributed by atoms with Crippen LogP contribution >= 0.6 is 11.8 Å². The van der Waals surface area contributed by atoms with Gasteiger partial charge in [0.05, 0.1) is 6.10 Å². The van der Waals surface area contributed by atoms with E-state index in [9.17, 15) is 4.79 Å². The van der Waals surface area contributed by atoms with Crippen LogP contribution in [-0.4, -0.2) is 54.7 Å². The minimum Gasteiger partial charge on any atom is -0.385 e. The summed E-state index contributed by atoms with van der Waals surface area (Å²) in [6, 6.07) is 6.00. The summed E-state index contributed by atoms with van der Waals surface area (Å²) in [6.07, 6.45) is 3.84. The Morgan fingerprint density at radius 2 is 2.22 bits per heavy atom. The lowest BCUT2D eigenvalue weighted by molar-refractivity contribution is 0.0772. The molecule has 2 fully saturated rings. The Balaban J connectivity index is 1.55. The molecule has 2 aliphatic heterocycles. The minimum absolute atomic E-state index is 0.166. The van der Waals surface area contributed by atoms with E-state index >= 15 is 0 Å². The van der Waals surface area contributed by atoms with Crippen molar-refractivity contribution in [3.05, 3.63) is 29.3 Å². The molecule has 1 aromatic carbocycles. The third-order valence-corrected chi connectivity index (χ3v) is 5.52. The van der Waals surface area contributed by atoms with Crippen LogP contribution in [0.15, 0.2) is 18.2 Å². The predicted molar refractivity (Wildman–Crippen MR) is 96.5 cm³/mol. The molecule has 0 unspecified atom stereocenters. The summed E-state index contributed by atoms with van der Waals surface area (Å²) in [5, 5.41) is 3.48. The Bertz CT molecular complexity index is 538. The molecule has 126 valence electrons. The summed E-state index contributed by atoms with van der Waals surface area (Å²) in [5.74, 6) is 2.26. The van der Waals surface area contributed by atoms with Gasteiger partial charge < -0.3 is 15.0 Å². The first-order valence-electron chi connectivity index (χ1n) is 8.57. The lowest BCUT2D eigenvalue weighted by Gasteiger charge is -2.26. The van der Waals surface area contributed by atoms with Crippen LogP contribution in [0.2, 0.25) is 0 Å². The number of hydrogen-bond acceptors (Lipinski definition) is 4. The third kappa shape index (κ3) is 4.42. The number of carbonyl (C=O) groups is 1. The first kappa shape index (κ1) is 16.7. The monoisotopic (exact) mass is 334 g/mol. The molecule has 0 aromatic heterocycles. The summed E-state index contributed by atoms with van der Waals surface area (Å²) in [6.45, 7) is 5.63. The highest BCUT2D eigenvalue weighted by atomic mass is 32.2. The van der Waals surface area contributed by atoms with Crippen molar-refractivity contribution in [3.8, 4) is 0 Å². The van der Waals surface area contributed by atoms with Crippen molar-refractivity contribution in [2.75, 3.05) is 43.1 Å². The fourth-order valence-corrected chi connectivity index (χ4v) is 4.09. The van der Waals surface area contributed by atoms with E-state index in [1.165, 1.54) is 12.8 Å². The van der Waals surface area contributed by atoms with Crippen LogP contribution in [0.3, 0.4) is 0 Å². The SMILES string of the molecule is Cc1cc(C(=O)N2CCSCC2)ccc1NCC[C@H]1CCCO1. The Morgan fingerprint density at radius 3 is 2.91 bits per heavy atom. The highest BCUT2D eigenvalue weighted by Crippen LogP contribution is 2.20. The molecule has 1 N–H and O–H groups in total. The van der Waals surface area contributed by atoms with Gasteiger partial charge in [-0.2, -0.15) is 11.8 Å². The molecular weight excluding hydrogens is 308 g/mol. The van der Waals surface area contributed by atoms with Crippen molar-refractivity contribution in [1.82, 2.24) is 4.90 Å². The van der Waals surface area contributed by atoms with Crippen LogP contribution in [0.1, 0.15) is 35.2 Å². The number of amides is 1. The number of rotatable bonds is 5. The highest BCUT2D eigenvalue weighted by molar-refractivity contribution is 7.99. The second kappa shape index (κ2) is 8.06. The lowest BCUT2D eigenvalue weighted by atomic mass is 10.1. The van der Waals surface area contributed by atoms with Crippen molar-refractivity contribution in [3.63, 3.8) is 0 Å². The van der Waals surface area contributed by atoms with Crippen LogP contribution in [-0.2, 0) is 4.74 Å². The molecule has 1 aromatic rings. The maximum absolute atomic E-state index is 12.5. The van der Waals surface area contributed by atoms with Gasteiger partial charge in [0.15, 0.2) is 0 Å². The zero-order chi connectivity index (χ0) is 16.1. The summed E-state index contributed by atoms with van der Waals surface area (Å²) in [7, 11) is 0. The average Bonchev–Trinajstić information content (AvgIpc) is 3.10. The number of aryl methyl sites for hydroxylation is 1. The second-order valence-electron chi connectivity index (χ2n) is 6.28. The van der Waals surface area contributed by atoms with Crippen molar-refractivity contribution in [2.24, 2.45) is 0 Å². The Kier molecular flexibility index (Phi) is 5.84. The van der Waals surface area contributed by atoms with Crippen LogP contribution < -0.4 is 5.32 Å². The van der Waals surface area contributed by atoms with Gasteiger partial charge in [-0.1, -0.05) is 0 Å². The van der Waals surface area contributed by atoms with Crippen molar-refractivity contribution < 1.29 is 9.53 Å². The largest absolute Gasteiger partial charge is 0.385 e. The van der Waals surface area contributed by atoms with E-state index in [1.807, 2.05) is 34.9 Å². The smallest absolute Gasteiger partial charge is 0.253 e. The fraction of sp³-hybridized carbons (Fsp3) is 0.611. The number of thioether (sulfide) groups is 1. The van der Waals surface area contributed by atoms with Gasteiger partial charge >= 0.3 is 0 Å². The molecule has 2 aliphatic rings. The fourth-order valence-electron chi connectivity index (χ4n) is 3.18. The minimum atomic E-state index is 0.166. The van der Waals surface area contributed by atoms with Crippen molar-refractivity contribution in [1.29, 1.82) is 0 Å². The zero-order valence-corrected chi connectivity index (χ0v) is 14.7. The number of nitrogens with zero attached hydrogens (tertiary/aromatic N) is 1. The molecule has 3 rings (SSSR count). The summed E-state index contributed by atoms with van der Waals surface area (Å²) >= 11 is 1.92. The van der Waals surface area contributed by atoms with Gasteiger partial charge in [-0.3, -0.25) is 4.79 Å². The second-order valence-corrected chi connectivity index (χ2v) is 7.51. The Hall–Kier alpha value is -1.20. The molecule has 1 atom stereocenters. The van der Waals surface area contributed by atoms with Crippen LogP contribution in [0.4, 0.5) is 5.69 Å². The number of ether oxygens (including phenoxy) is 1. The zero-order valence-electron chi connectivity index (χ0n) is 13.8. The average molecular weight is 334 g/mol. The van der Waals surface area contributed by atoms with Crippen molar-refractivity contribution in [2.45, 2.75) is 32.3 Å². The first-order chi connectivity index (χ1) is 11.2. The van der Waals surface area contributed by atoms with E-state index in [0.717, 1.165) is 61.0 Å². The maximum atomic E-state index is 12.5. The molecule has 0 spiro atoms. The third-order valence-electron chi connectivity index (χ3n) is 4.58. The maximum Gasteiger partial charge on any atom is 0.253 e. The van der Waals surface area contributed by atoms with E-state index in [-0.39, 0.29) is 5.91 Å². The summed E-state index contributed by atoms with van der Waals surface area (Å²) < 4.78 is 5.65. The van der Waals surface area contributed by atoms with Gasteiger partial charge in [0.2, 0.25) is 0 Å². The topological polar surface area (TPSA) is 41.6 Å². The van der Waals surface area contributed by atoms with Gasteiger partial charge in [-0.05, 0) is 49.9 Å². The molecule has 0 aliphatic carbocycles. The highest BCUT2D eigenvalue weighted by Gasteiger charge is 2.19. The van der Waals surface area contributed by atoms with Crippen LogP contribution in [0.5, 0.6) is 0 Å². The molecule has 0 saturated carbocycles. The molecule has 4 nitrogen and oxygen atoms in total. The number of benzene rings is 1. The molecule has 1 amide bonds. The van der Waals surface area contributed by atoms with Gasteiger partial charge in [0.1, 0.15) is 0 Å². The van der Waals surface area contributed by atoms with E-state index in [2.05, 4.69) is 12.2 Å². The quantitative estimate of drug-likeness (QED) is 0.898. The number of hydrogen-bond donors (Lipinski definition) is 1. The van der Waals surface area contributed by atoms with Gasteiger partial charge in [0, 0.05) is 49.0 Å². The van der Waals surface area contributed by atoms with Gasteiger partial charge in [-0.15, -0.1) is 0 Å². The van der Waals surface area contributed by atoms with Crippen molar-refractivity contribution >= 4 is 23.4 Å². The summed E-state index contributed by atoms with van der Waals surface area (Å²) in [4.78, 5) is 14.5. The summed E-state index contributed by atoms with van der Waals surface area (Å²) in [5.41, 5.74) is 3.06. The molecule has 0 radical (unpaired) electrons. The molecular formula is C18H26N2O2S. The molecule has 2 heterocycles. The number of carbonyl (C=O) groups excluding carboxylic acids is 1. The Labute approximate surface area is 143 Å². The Morgan fingerprint density at radius 1 is 1.39 bits per heavy atom. The number of nitrogens with one attached hydrogen (secondary N) is 1. The van der Waals surface area contributed by atoms with E-state index in [1.54, 1.807) is 0 Å².